The number of anilines is 2. The lowest BCUT2D eigenvalue weighted by molar-refractivity contribution is 0.366. The fourth-order valence-electron chi connectivity index (χ4n) is 5.31. The summed E-state index contributed by atoms with van der Waals surface area (Å²) in [5.74, 6) is 1.18. The molecule has 2 aromatic heterocycles. The van der Waals surface area contributed by atoms with Crippen molar-refractivity contribution in [2.45, 2.75) is 51.5 Å². The Labute approximate surface area is 177 Å². The first-order valence-corrected chi connectivity index (χ1v) is 11.3. The zero-order chi connectivity index (χ0) is 20.7. The van der Waals surface area contributed by atoms with Crippen molar-refractivity contribution in [1.29, 1.82) is 0 Å². The Kier molecular flexibility index (Phi) is 4.82. The smallest absolute Gasteiger partial charge is 0.227 e. The number of nitrogens with one attached hydrogen (secondary N) is 1. The molecule has 0 atom stereocenters. The van der Waals surface area contributed by atoms with Gasteiger partial charge in [-0.2, -0.15) is 9.97 Å². The Morgan fingerprint density at radius 1 is 0.967 bits per heavy atom. The minimum Gasteiger partial charge on any atom is -0.383 e. The summed E-state index contributed by atoms with van der Waals surface area (Å²) in [6.45, 7) is 7.38. The molecule has 1 aliphatic carbocycles. The number of hydrogen-bond acceptors (Lipinski definition) is 6. The second-order valence-electron chi connectivity index (χ2n) is 8.45. The van der Waals surface area contributed by atoms with E-state index in [0.29, 0.717) is 11.8 Å². The van der Waals surface area contributed by atoms with Gasteiger partial charge in [-0.15, -0.1) is 0 Å². The van der Waals surface area contributed by atoms with Crippen LogP contribution in [0.5, 0.6) is 0 Å². The van der Waals surface area contributed by atoms with Crippen LogP contribution in [0.25, 0.3) is 22.3 Å². The highest BCUT2D eigenvalue weighted by Gasteiger charge is 2.44. The lowest BCUT2D eigenvalue weighted by atomic mass is 9.95. The van der Waals surface area contributed by atoms with Crippen LogP contribution in [0.4, 0.5) is 11.8 Å². The van der Waals surface area contributed by atoms with Crippen molar-refractivity contribution >= 4 is 22.8 Å². The number of aryl methyl sites for hydroxylation is 1. The van der Waals surface area contributed by atoms with E-state index in [0.717, 1.165) is 74.0 Å². The van der Waals surface area contributed by atoms with E-state index in [2.05, 4.69) is 39.5 Å². The summed E-state index contributed by atoms with van der Waals surface area (Å²) in [4.78, 5) is 17.0. The molecular formula is C24H30N6. The number of rotatable bonds is 3. The third-order valence-electron chi connectivity index (χ3n) is 6.70. The molecule has 3 aliphatic rings. The number of nitrogens with zero attached hydrogens (tertiary/aromatic N) is 4. The predicted molar refractivity (Wildman–Crippen MR) is 123 cm³/mol. The number of fused-ring (bicyclic) bond motifs is 5. The summed E-state index contributed by atoms with van der Waals surface area (Å²) >= 11 is 0. The molecule has 6 heteroatoms. The lowest BCUT2D eigenvalue weighted by Gasteiger charge is -2.27. The summed E-state index contributed by atoms with van der Waals surface area (Å²) in [7, 11) is 0. The fourth-order valence-corrected chi connectivity index (χ4v) is 5.31. The second kappa shape index (κ2) is 7.51. The zero-order valence-electron chi connectivity index (χ0n) is 17.9. The van der Waals surface area contributed by atoms with E-state index in [1.807, 2.05) is 19.9 Å². The molecule has 2 bridgehead atoms. The van der Waals surface area contributed by atoms with Crippen molar-refractivity contribution in [2.75, 3.05) is 30.7 Å². The van der Waals surface area contributed by atoms with Crippen LogP contribution in [0, 0.1) is 0 Å². The van der Waals surface area contributed by atoms with Crippen molar-refractivity contribution in [3.8, 4) is 11.3 Å². The molecule has 3 aromatic rings. The Morgan fingerprint density at radius 2 is 1.70 bits per heavy atom. The molecule has 0 spiro atoms. The van der Waals surface area contributed by atoms with Gasteiger partial charge < -0.3 is 16.0 Å². The van der Waals surface area contributed by atoms with Crippen molar-refractivity contribution in [3.63, 3.8) is 0 Å². The average molecular weight is 403 g/mol. The molecular weight excluding hydrogens is 372 g/mol. The quantitative estimate of drug-likeness (QED) is 0.688. The highest BCUT2D eigenvalue weighted by atomic mass is 15.3. The molecule has 4 heterocycles. The molecule has 0 unspecified atom stereocenters. The summed E-state index contributed by atoms with van der Waals surface area (Å²) in [5.41, 5.74) is 12.1. The van der Waals surface area contributed by atoms with E-state index in [1.54, 1.807) is 0 Å². The van der Waals surface area contributed by atoms with Gasteiger partial charge in [0.2, 0.25) is 5.95 Å². The predicted octanol–water partition coefficient (Wildman–Crippen LogP) is 4.05. The second-order valence-corrected chi connectivity index (χ2v) is 8.45. The third kappa shape index (κ3) is 3.10. The number of pyridine rings is 1. The maximum absolute atomic E-state index is 6.45. The van der Waals surface area contributed by atoms with Crippen LogP contribution in [0.1, 0.15) is 44.2 Å². The van der Waals surface area contributed by atoms with Gasteiger partial charge in [0.05, 0.1) is 16.6 Å². The molecule has 0 amide bonds. The molecule has 0 saturated carbocycles. The Bertz CT molecular complexity index is 1070. The van der Waals surface area contributed by atoms with Crippen molar-refractivity contribution in [3.05, 3.63) is 41.5 Å². The topological polar surface area (TPSA) is 80.0 Å². The standard InChI is InChI=1S/C22H24N6.C2H6/c23-19-17-15-7-4-8-16(15)18(14-5-2-1-3-6-14)24-20(17)26-21(25-19)27-22-9-11-28(13-22)12-10-22;1-2/h1-3,5-6H,4,7-13H2,(H3,23,24,25,26,27);1-2H3. The Morgan fingerprint density at radius 3 is 2.40 bits per heavy atom. The maximum atomic E-state index is 6.45. The molecule has 1 aromatic carbocycles. The van der Waals surface area contributed by atoms with Crippen LogP contribution in [-0.4, -0.2) is 45.0 Å². The summed E-state index contributed by atoms with van der Waals surface area (Å²) in [6, 6.07) is 10.4. The van der Waals surface area contributed by atoms with Gasteiger partial charge in [-0.05, 0) is 43.2 Å². The zero-order valence-corrected chi connectivity index (χ0v) is 17.9. The number of hydrogen-bond donors (Lipinski definition) is 2. The number of nitrogen functional groups attached to an aromatic ring is 1. The number of piperidine rings is 1. The van der Waals surface area contributed by atoms with Crippen LogP contribution in [0.15, 0.2) is 30.3 Å². The van der Waals surface area contributed by atoms with Gasteiger partial charge >= 0.3 is 0 Å². The molecule has 2 aliphatic heterocycles. The van der Waals surface area contributed by atoms with Gasteiger partial charge in [0, 0.05) is 25.2 Å². The largest absolute Gasteiger partial charge is 0.383 e. The van der Waals surface area contributed by atoms with E-state index in [1.165, 1.54) is 11.1 Å². The van der Waals surface area contributed by atoms with E-state index in [9.17, 15) is 0 Å². The molecule has 0 radical (unpaired) electrons. The van der Waals surface area contributed by atoms with E-state index in [4.69, 9.17) is 15.7 Å². The molecule has 30 heavy (non-hydrogen) atoms. The molecule has 6 rings (SSSR count). The van der Waals surface area contributed by atoms with Gasteiger partial charge in [0.15, 0.2) is 5.65 Å². The Balaban J connectivity index is 0.000000937. The minimum absolute atomic E-state index is 0.0963. The van der Waals surface area contributed by atoms with Crippen LogP contribution in [0.2, 0.25) is 0 Å². The van der Waals surface area contributed by atoms with Gasteiger partial charge in [0.1, 0.15) is 5.82 Å². The van der Waals surface area contributed by atoms with Gasteiger partial charge in [-0.25, -0.2) is 4.98 Å². The van der Waals surface area contributed by atoms with Crippen molar-refractivity contribution < 1.29 is 0 Å². The average Bonchev–Trinajstić information content (AvgIpc) is 3.51. The van der Waals surface area contributed by atoms with Gasteiger partial charge in [-0.1, -0.05) is 44.2 Å². The maximum Gasteiger partial charge on any atom is 0.227 e. The van der Waals surface area contributed by atoms with Crippen LogP contribution in [-0.2, 0) is 12.8 Å². The molecule has 6 nitrogen and oxygen atoms in total. The summed E-state index contributed by atoms with van der Waals surface area (Å²) in [5, 5.41) is 4.58. The molecule has 156 valence electrons. The normalized spacial score (nSPS) is 23.9. The first-order valence-electron chi connectivity index (χ1n) is 11.3. The first-order chi connectivity index (χ1) is 14.7. The third-order valence-corrected chi connectivity index (χ3v) is 6.70. The number of nitrogens with two attached hydrogens (primary N) is 1. The minimum atomic E-state index is 0.0963. The molecule has 3 N–H and O–H groups in total. The van der Waals surface area contributed by atoms with Crippen LogP contribution >= 0.6 is 0 Å². The Hall–Kier alpha value is -2.73. The summed E-state index contributed by atoms with van der Waals surface area (Å²) < 4.78 is 0. The van der Waals surface area contributed by atoms with Crippen molar-refractivity contribution in [2.24, 2.45) is 0 Å². The fraction of sp³-hybridized carbons (Fsp3) is 0.458. The molecule has 2 saturated heterocycles. The summed E-state index contributed by atoms with van der Waals surface area (Å²) in [6.07, 6.45) is 5.48. The van der Waals surface area contributed by atoms with Crippen molar-refractivity contribution in [1.82, 2.24) is 19.9 Å². The van der Waals surface area contributed by atoms with Crippen LogP contribution < -0.4 is 11.1 Å². The molecule has 2 fully saturated rings. The lowest BCUT2D eigenvalue weighted by Crippen LogP contribution is -2.37. The van der Waals surface area contributed by atoms with Gasteiger partial charge in [-0.3, -0.25) is 0 Å². The SMILES string of the molecule is CC.Nc1nc(NC23CCN(CC2)C3)nc2nc(-c3ccccc3)c3c(c12)CCC3. The van der Waals surface area contributed by atoms with E-state index < -0.39 is 0 Å². The first kappa shape index (κ1) is 19.2. The van der Waals surface area contributed by atoms with E-state index in [-0.39, 0.29) is 5.54 Å². The number of benzene rings is 1. The number of aromatic nitrogens is 3. The highest BCUT2D eigenvalue weighted by Crippen LogP contribution is 2.39. The monoisotopic (exact) mass is 402 g/mol. The highest BCUT2D eigenvalue weighted by molar-refractivity contribution is 5.93. The van der Waals surface area contributed by atoms with Crippen LogP contribution in [0.3, 0.4) is 0 Å². The van der Waals surface area contributed by atoms with Gasteiger partial charge in [0.25, 0.3) is 0 Å². The van der Waals surface area contributed by atoms with E-state index >= 15 is 0 Å².